The van der Waals surface area contributed by atoms with Crippen LogP contribution < -0.4 is 5.32 Å². The molecule has 1 aliphatic heterocycles. The first kappa shape index (κ1) is 16.3. The molecule has 1 amide bonds. The van der Waals surface area contributed by atoms with Crippen LogP contribution in [0.3, 0.4) is 0 Å². The Kier molecular flexibility index (Phi) is 4.34. The Bertz CT molecular complexity index is 737. The lowest BCUT2D eigenvalue weighted by Crippen LogP contribution is -2.35. The zero-order chi connectivity index (χ0) is 17.3. The quantitative estimate of drug-likeness (QED) is 0.878. The van der Waals surface area contributed by atoms with Crippen LogP contribution in [0.15, 0.2) is 36.7 Å². The minimum absolute atomic E-state index is 0.00370. The van der Waals surface area contributed by atoms with Gasteiger partial charge in [-0.1, -0.05) is 25.1 Å². The second-order valence-electron chi connectivity index (χ2n) is 7.54. The summed E-state index contributed by atoms with van der Waals surface area (Å²) in [5.41, 5.74) is 3.24. The second kappa shape index (κ2) is 6.64. The van der Waals surface area contributed by atoms with E-state index in [4.69, 9.17) is 4.74 Å². The van der Waals surface area contributed by atoms with E-state index in [1.165, 1.54) is 5.56 Å². The van der Waals surface area contributed by atoms with Gasteiger partial charge in [0.15, 0.2) is 0 Å². The summed E-state index contributed by atoms with van der Waals surface area (Å²) in [6, 6.07) is 8.01. The summed E-state index contributed by atoms with van der Waals surface area (Å²) >= 11 is 0. The van der Waals surface area contributed by atoms with Gasteiger partial charge in [-0.25, -0.2) is 0 Å². The lowest BCUT2D eigenvalue weighted by atomic mass is 9.90. The van der Waals surface area contributed by atoms with Gasteiger partial charge in [-0.15, -0.1) is 0 Å². The number of ether oxygens (including phenoxy) is 1. The highest BCUT2D eigenvalue weighted by atomic mass is 16.5. The lowest BCUT2D eigenvalue weighted by molar-refractivity contribution is -0.0272. The van der Waals surface area contributed by atoms with Crippen LogP contribution in [0.4, 0.5) is 0 Å². The number of aromatic amines is 1. The molecule has 1 saturated heterocycles. The number of amides is 1. The van der Waals surface area contributed by atoms with Crippen molar-refractivity contribution in [3.63, 3.8) is 0 Å². The van der Waals surface area contributed by atoms with Gasteiger partial charge in [-0.3, -0.25) is 9.89 Å². The van der Waals surface area contributed by atoms with Gasteiger partial charge in [0.05, 0.1) is 12.3 Å². The molecule has 2 heterocycles. The Morgan fingerprint density at radius 2 is 2.24 bits per heavy atom. The van der Waals surface area contributed by atoms with E-state index in [1.54, 1.807) is 0 Å². The summed E-state index contributed by atoms with van der Waals surface area (Å²) < 4.78 is 5.95. The molecule has 4 rings (SSSR count). The molecule has 5 nitrogen and oxygen atoms in total. The van der Waals surface area contributed by atoms with Gasteiger partial charge < -0.3 is 10.1 Å². The molecular formula is C20H25N3O2. The van der Waals surface area contributed by atoms with Gasteiger partial charge in [0, 0.05) is 36.4 Å². The first-order chi connectivity index (χ1) is 12.2. The fourth-order valence-electron chi connectivity index (χ4n) is 3.82. The highest BCUT2D eigenvalue weighted by molar-refractivity contribution is 5.96. The van der Waals surface area contributed by atoms with Crippen molar-refractivity contribution >= 4 is 5.91 Å². The van der Waals surface area contributed by atoms with Gasteiger partial charge in [0.25, 0.3) is 5.91 Å². The Morgan fingerprint density at radius 1 is 1.40 bits per heavy atom. The summed E-state index contributed by atoms with van der Waals surface area (Å²) in [5, 5.41) is 10.0. The summed E-state index contributed by atoms with van der Waals surface area (Å²) in [6.07, 6.45) is 8.11. The van der Waals surface area contributed by atoms with Gasteiger partial charge in [-0.05, 0) is 42.7 Å². The molecular weight excluding hydrogens is 314 g/mol. The molecule has 0 unspecified atom stereocenters. The van der Waals surface area contributed by atoms with Crippen molar-refractivity contribution in [3.05, 3.63) is 53.3 Å². The first-order valence-corrected chi connectivity index (χ1v) is 9.15. The van der Waals surface area contributed by atoms with E-state index in [9.17, 15) is 4.79 Å². The number of hydrogen-bond donors (Lipinski definition) is 2. The van der Waals surface area contributed by atoms with Crippen molar-refractivity contribution in [3.8, 4) is 0 Å². The summed E-state index contributed by atoms with van der Waals surface area (Å²) in [5.74, 6) is 0.305. The third-order valence-corrected chi connectivity index (χ3v) is 5.64. The molecule has 1 saturated carbocycles. The number of hydrogen-bond acceptors (Lipinski definition) is 3. The van der Waals surface area contributed by atoms with E-state index in [0.717, 1.165) is 43.4 Å². The van der Waals surface area contributed by atoms with Gasteiger partial charge in [0.1, 0.15) is 0 Å². The van der Waals surface area contributed by atoms with E-state index in [-0.39, 0.29) is 23.3 Å². The Morgan fingerprint density at radius 3 is 3.00 bits per heavy atom. The maximum Gasteiger partial charge on any atom is 0.251 e. The molecule has 2 N–H and O–H groups in total. The van der Waals surface area contributed by atoms with Crippen molar-refractivity contribution in [2.24, 2.45) is 5.92 Å². The van der Waals surface area contributed by atoms with Crippen LogP contribution in [0.1, 0.15) is 60.2 Å². The zero-order valence-corrected chi connectivity index (χ0v) is 14.6. The molecule has 2 atom stereocenters. The number of carbonyl (C=O) groups is 1. The van der Waals surface area contributed by atoms with E-state index in [0.29, 0.717) is 6.54 Å². The number of H-pyrrole nitrogens is 1. The molecule has 0 radical (unpaired) electrons. The largest absolute Gasteiger partial charge is 0.373 e. The summed E-state index contributed by atoms with van der Waals surface area (Å²) in [4.78, 5) is 12.8. The summed E-state index contributed by atoms with van der Waals surface area (Å²) in [7, 11) is 0. The monoisotopic (exact) mass is 339 g/mol. The second-order valence-corrected chi connectivity index (χ2v) is 7.54. The Balaban J connectivity index is 1.45. The third-order valence-electron chi connectivity index (χ3n) is 5.64. The van der Waals surface area contributed by atoms with E-state index >= 15 is 0 Å². The zero-order valence-electron chi connectivity index (χ0n) is 14.6. The molecule has 2 fully saturated rings. The maximum atomic E-state index is 12.8. The molecule has 0 bridgehead atoms. The number of benzene rings is 1. The highest BCUT2D eigenvalue weighted by Crippen LogP contribution is 2.48. The maximum absolute atomic E-state index is 12.8. The fraction of sp³-hybridized carbons (Fsp3) is 0.500. The Hall–Kier alpha value is -2.14. The molecule has 132 valence electrons. The SMILES string of the molecule is CC1(c2ccccc2C(=O)NC[C@@H]2CCCO[C@H]2c2cn[nH]c2)CC1. The van der Waals surface area contributed by atoms with Crippen LogP contribution in [0.5, 0.6) is 0 Å². The van der Waals surface area contributed by atoms with Crippen LogP contribution in [-0.4, -0.2) is 29.3 Å². The molecule has 2 aliphatic rings. The van der Waals surface area contributed by atoms with Crippen molar-refractivity contribution < 1.29 is 9.53 Å². The number of aromatic nitrogens is 2. The average Bonchev–Trinajstić information content (AvgIpc) is 3.18. The van der Waals surface area contributed by atoms with E-state index in [2.05, 4.69) is 28.5 Å². The number of carbonyl (C=O) groups excluding carboxylic acids is 1. The molecule has 0 spiro atoms. The normalized spacial score (nSPS) is 24.7. The highest BCUT2D eigenvalue weighted by Gasteiger charge is 2.41. The molecule has 1 aromatic carbocycles. The molecule has 25 heavy (non-hydrogen) atoms. The van der Waals surface area contributed by atoms with Crippen LogP contribution in [-0.2, 0) is 10.2 Å². The minimum atomic E-state index is 0.00370. The average molecular weight is 339 g/mol. The van der Waals surface area contributed by atoms with Crippen LogP contribution >= 0.6 is 0 Å². The van der Waals surface area contributed by atoms with Gasteiger partial charge in [0.2, 0.25) is 0 Å². The topological polar surface area (TPSA) is 67.0 Å². The fourth-order valence-corrected chi connectivity index (χ4v) is 3.82. The molecule has 1 aliphatic carbocycles. The predicted molar refractivity (Wildman–Crippen MR) is 95.4 cm³/mol. The lowest BCUT2D eigenvalue weighted by Gasteiger charge is -2.31. The smallest absolute Gasteiger partial charge is 0.251 e. The Labute approximate surface area is 148 Å². The molecule has 1 aromatic heterocycles. The minimum Gasteiger partial charge on any atom is -0.373 e. The van der Waals surface area contributed by atoms with E-state index < -0.39 is 0 Å². The van der Waals surface area contributed by atoms with Crippen LogP contribution in [0.2, 0.25) is 0 Å². The summed E-state index contributed by atoms with van der Waals surface area (Å²) in [6.45, 7) is 3.63. The standard InChI is InChI=1S/C20H25N3O2/c1-20(8-9-20)17-7-3-2-6-16(17)19(24)21-11-14-5-4-10-25-18(14)15-12-22-23-13-15/h2-3,6-7,12-14,18H,4-5,8-11H2,1H3,(H,21,24)(H,22,23)/t14-,18+/m0/s1. The van der Waals surface area contributed by atoms with Crippen LogP contribution in [0.25, 0.3) is 0 Å². The third kappa shape index (κ3) is 3.33. The number of rotatable bonds is 5. The van der Waals surface area contributed by atoms with E-state index in [1.807, 2.05) is 30.6 Å². The number of nitrogens with one attached hydrogen (secondary N) is 2. The molecule has 2 aromatic rings. The van der Waals surface area contributed by atoms with Gasteiger partial charge in [-0.2, -0.15) is 5.10 Å². The van der Waals surface area contributed by atoms with Crippen molar-refractivity contribution in [1.29, 1.82) is 0 Å². The van der Waals surface area contributed by atoms with Crippen molar-refractivity contribution in [2.45, 2.75) is 44.1 Å². The predicted octanol–water partition coefficient (Wildman–Crippen LogP) is 3.36. The van der Waals surface area contributed by atoms with Crippen molar-refractivity contribution in [2.75, 3.05) is 13.2 Å². The van der Waals surface area contributed by atoms with Crippen LogP contribution in [0, 0.1) is 5.92 Å². The first-order valence-electron chi connectivity index (χ1n) is 9.15. The van der Waals surface area contributed by atoms with Gasteiger partial charge >= 0.3 is 0 Å². The number of nitrogens with zero attached hydrogens (tertiary/aromatic N) is 1. The molecule has 5 heteroatoms. The van der Waals surface area contributed by atoms with Crippen molar-refractivity contribution in [1.82, 2.24) is 15.5 Å².